The highest BCUT2D eigenvalue weighted by atomic mass is 16.6. The minimum Gasteiger partial charge on any atom is -0.506 e. The van der Waals surface area contributed by atoms with Crippen molar-refractivity contribution in [2.45, 2.75) is 6.92 Å². The van der Waals surface area contributed by atoms with Gasteiger partial charge in [0.15, 0.2) is 17.1 Å². The van der Waals surface area contributed by atoms with Crippen molar-refractivity contribution in [1.29, 1.82) is 5.26 Å². The van der Waals surface area contributed by atoms with Gasteiger partial charge < -0.3 is 5.11 Å². The molecule has 0 aliphatic carbocycles. The first-order valence-electron chi connectivity index (χ1n) is 3.90. The molecule has 0 aliphatic heterocycles. The molecular weight excluding hydrogens is 200 g/mol. The number of nitriles is 1. The number of aromatic hydroxyl groups is 1. The number of Topliss-reactive ketones (excluding diaryl/α,β-unsaturated/α-hetero) is 1. The third-order valence-electron chi connectivity index (χ3n) is 1.84. The van der Waals surface area contributed by atoms with E-state index in [0.29, 0.717) is 0 Å². The molecule has 0 radical (unpaired) electrons. The normalized spacial score (nSPS) is 9.33. The largest absolute Gasteiger partial charge is 0.506 e. The Morgan fingerprint density at radius 3 is 2.60 bits per heavy atom. The summed E-state index contributed by atoms with van der Waals surface area (Å²) in [6.07, 6.45) is 0. The molecule has 0 aliphatic rings. The molecule has 0 saturated carbocycles. The molecule has 0 amide bonds. The zero-order valence-electron chi connectivity index (χ0n) is 7.72. The van der Waals surface area contributed by atoms with Crippen molar-refractivity contribution < 1.29 is 14.8 Å². The number of nitro groups is 1. The van der Waals surface area contributed by atoms with Crippen LogP contribution in [-0.4, -0.2) is 15.8 Å². The smallest absolute Gasteiger partial charge is 0.290 e. The number of phenols is 1. The molecule has 1 N–H and O–H groups in total. The highest BCUT2D eigenvalue weighted by Crippen LogP contribution is 2.30. The molecule has 0 unspecified atom stereocenters. The Bertz CT molecular complexity index is 488. The summed E-state index contributed by atoms with van der Waals surface area (Å²) in [4.78, 5) is 20.7. The number of phenolic OH excluding ortho intramolecular Hbond substituents is 1. The average Bonchev–Trinajstić information content (AvgIpc) is 2.16. The summed E-state index contributed by atoms with van der Waals surface area (Å²) in [6.45, 7) is 1.20. The van der Waals surface area contributed by atoms with Crippen LogP contribution in [0.4, 0.5) is 5.69 Å². The SMILES string of the molecule is CC(=O)c1ccc([N+](=O)[O-])c(C#N)c1O. The van der Waals surface area contributed by atoms with Gasteiger partial charge in [-0.3, -0.25) is 14.9 Å². The van der Waals surface area contributed by atoms with Crippen molar-refractivity contribution in [3.63, 3.8) is 0 Å². The Morgan fingerprint density at radius 1 is 1.60 bits per heavy atom. The van der Waals surface area contributed by atoms with Crippen LogP contribution in [0, 0.1) is 21.4 Å². The van der Waals surface area contributed by atoms with Gasteiger partial charge in [-0.25, -0.2) is 0 Å². The van der Waals surface area contributed by atoms with E-state index in [-0.39, 0.29) is 5.56 Å². The van der Waals surface area contributed by atoms with Crippen LogP contribution in [0.2, 0.25) is 0 Å². The molecule has 0 heterocycles. The van der Waals surface area contributed by atoms with Gasteiger partial charge in [-0.05, 0) is 13.0 Å². The van der Waals surface area contributed by atoms with Crippen LogP contribution < -0.4 is 0 Å². The van der Waals surface area contributed by atoms with E-state index >= 15 is 0 Å². The highest BCUT2D eigenvalue weighted by Gasteiger charge is 2.21. The molecule has 0 fully saturated rings. The zero-order valence-corrected chi connectivity index (χ0v) is 7.72. The lowest BCUT2D eigenvalue weighted by Gasteiger charge is -2.02. The first-order valence-corrected chi connectivity index (χ1v) is 3.90. The van der Waals surface area contributed by atoms with Gasteiger partial charge in [-0.15, -0.1) is 0 Å². The van der Waals surface area contributed by atoms with Crippen molar-refractivity contribution in [1.82, 2.24) is 0 Å². The van der Waals surface area contributed by atoms with Crippen molar-refractivity contribution >= 4 is 11.5 Å². The van der Waals surface area contributed by atoms with Gasteiger partial charge in [0.1, 0.15) is 6.07 Å². The van der Waals surface area contributed by atoms with Crippen LogP contribution in [-0.2, 0) is 0 Å². The van der Waals surface area contributed by atoms with Gasteiger partial charge in [0.05, 0.1) is 10.5 Å². The van der Waals surface area contributed by atoms with Crippen molar-refractivity contribution in [2.24, 2.45) is 0 Å². The Balaban J connectivity index is 3.55. The van der Waals surface area contributed by atoms with E-state index in [1.54, 1.807) is 0 Å². The van der Waals surface area contributed by atoms with Gasteiger partial charge in [0.25, 0.3) is 5.69 Å². The second-order valence-electron chi connectivity index (χ2n) is 2.78. The van der Waals surface area contributed by atoms with Crippen LogP contribution in [0.25, 0.3) is 0 Å². The van der Waals surface area contributed by atoms with Gasteiger partial charge in [-0.1, -0.05) is 0 Å². The molecule has 76 valence electrons. The second-order valence-corrected chi connectivity index (χ2v) is 2.78. The van der Waals surface area contributed by atoms with E-state index in [4.69, 9.17) is 5.26 Å². The van der Waals surface area contributed by atoms with Crippen LogP contribution in [0.1, 0.15) is 22.8 Å². The number of hydrogen-bond acceptors (Lipinski definition) is 5. The van der Waals surface area contributed by atoms with E-state index in [1.807, 2.05) is 0 Å². The van der Waals surface area contributed by atoms with Crippen LogP contribution in [0.3, 0.4) is 0 Å². The summed E-state index contributed by atoms with van der Waals surface area (Å²) in [5, 5.41) is 28.5. The number of ketones is 1. The van der Waals surface area contributed by atoms with Crippen molar-refractivity contribution in [2.75, 3.05) is 0 Å². The minimum absolute atomic E-state index is 0.0999. The van der Waals surface area contributed by atoms with Crippen LogP contribution in [0.15, 0.2) is 12.1 Å². The molecule has 1 rings (SSSR count). The molecule has 6 nitrogen and oxygen atoms in total. The summed E-state index contributed by atoms with van der Waals surface area (Å²) in [5.41, 5.74) is -1.11. The summed E-state index contributed by atoms with van der Waals surface area (Å²) in [7, 11) is 0. The third-order valence-corrected chi connectivity index (χ3v) is 1.84. The second kappa shape index (κ2) is 3.75. The van der Waals surface area contributed by atoms with E-state index in [1.165, 1.54) is 13.0 Å². The number of carbonyl (C=O) groups is 1. The van der Waals surface area contributed by atoms with E-state index in [0.717, 1.165) is 12.1 Å². The first-order chi connectivity index (χ1) is 6.99. The lowest BCUT2D eigenvalue weighted by atomic mass is 10.0. The fourth-order valence-electron chi connectivity index (χ4n) is 1.13. The van der Waals surface area contributed by atoms with Crippen LogP contribution >= 0.6 is 0 Å². The summed E-state index contributed by atoms with van der Waals surface area (Å²) < 4.78 is 0. The Kier molecular flexibility index (Phi) is 2.67. The number of nitrogens with zero attached hydrogens (tertiary/aromatic N) is 2. The quantitative estimate of drug-likeness (QED) is 0.447. The maximum atomic E-state index is 11.0. The first kappa shape index (κ1) is 10.7. The van der Waals surface area contributed by atoms with E-state index in [2.05, 4.69) is 0 Å². The summed E-state index contributed by atoms with van der Waals surface area (Å²) in [6, 6.07) is 3.64. The lowest BCUT2D eigenvalue weighted by Crippen LogP contribution is -1.98. The topological polar surface area (TPSA) is 104 Å². The Hall–Kier alpha value is -2.42. The number of carbonyl (C=O) groups excluding carboxylic acids is 1. The third kappa shape index (κ3) is 1.76. The molecule has 15 heavy (non-hydrogen) atoms. The van der Waals surface area contributed by atoms with Crippen molar-refractivity contribution in [3.8, 4) is 11.8 Å². The average molecular weight is 206 g/mol. The molecule has 1 aromatic carbocycles. The predicted octanol–water partition coefficient (Wildman–Crippen LogP) is 1.37. The lowest BCUT2D eigenvalue weighted by molar-refractivity contribution is -0.385. The van der Waals surface area contributed by atoms with Gasteiger partial charge in [0, 0.05) is 6.07 Å². The number of hydrogen-bond donors (Lipinski definition) is 1. The fraction of sp³-hybridized carbons (Fsp3) is 0.111. The molecule has 6 heteroatoms. The van der Waals surface area contributed by atoms with Crippen molar-refractivity contribution in [3.05, 3.63) is 33.4 Å². The highest BCUT2D eigenvalue weighted by molar-refractivity contribution is 5.98. The standard InChI is InChI=1S/C9H6N2O4/c1-5(12)6-2-3-8(11(14)15)7(4-10)9(6)13/h2-3,13H,1H3. The maximum absolute atomic E-state index is 11.0. The molecule has 0 bridgehead atoms. The maximum Gasteiger partial charge on any atom is 0.290 e. The zero-order chi connectivity index (χ0) is 11.6. The van der Waals surface area contributed by atoms with E-state index < -0.39 is 27.7 Å². The molecule has 0 atom stereocenters. The Labute approximate surface area is 84.5 Å². The molecule has 0 aromatic heterocycles. The summed E-state index contributed by atoms with van der Waals surface area (Å²) in [5.74, 6) is -1.10. The molecule has 0 saturated heterocycles. The summed E-state index contributed by atoms with van der Waals surface area (Å²) >= 11 is 0. The predicted molar refractivity (Wildman–Crippen MR) is 49.5 cm³/mol. The van der Waals surface area contributed by atoms with Gasteiger partial charge >= 0.3 is 0 Å². The molecular formula is C9H6N2O4. The Morgan fingerprint density at radius 2 is 2.20 bits per heavy atom. The minimum atomic E-state index is -0.789. The monoisotopic (exact) mass is 206 g/mol. The van der Waals surface area contributed by atoms with Gasteiger partial charge in [0.2, 0.25) is 0 Å². The molecule has 1 aromatic rings. The number of benzene rings is 1. The fourth-order valence-corrected chi connectivity index (χ4v) is 1.13. The number of nitro benzene ring substituents is 1. The van der Waals surface area contributed by atoms with Crippen LogP contribution in [0.5, 0.6) is 5.75 Å². The van der Waals surface area contributed by atoms with E-state index in [9.17, 15) is 20.0 Å². The number of rotatable bonds is 2. The molecule has 0 spiro atoms. The van der Waals surface area contributed by atoms with Gasteiger partial charge in [-0.2, -0.15) is 5.26 Å².